The van der Waals surface area contributed by atoms with Gasteiger partial charge in [0.2, 0.25) is 5.91 Å². The summed E-state index contributed by atoms with van der Waals surface area (Å²) in [5, 5.41) is 2.73. The van der Waals surface area contributed by atoms with Gasteiger partial charge >= 0.3 is 5.69 Å². The van der Waals surface area contributed by atoms with Crippen molar-refractivity contribution in [2.75, 3.05) is 5.32 Å². The summed E-state index contributed by atoms with van der Waals surface area (Å²) >= 11 is 1.57. The van der Waals surface area contributed by atoms with E-state index in [4.69, 9.17) is 0 Å². The maximum Gasteiger partial charge on any atom is 0.330 e. The van der Waals surface area contributed by atoms with Crippen LogP contribution in [0.3, 0.4) is 0 Å². The lowest BCUT2D eigenvalue weighted by Crippen LogP contribution is -2.31. The number of carbonyl (C=O) groups is 1. The highest BCUT2D eigenvalue weighted by Gasteiger charge is 2.16. The number of thioether (sulfide) groups is 1. The third-order valence-electron chi connectivity index (χ3n) is 4.38. The number of anilines is 1. The van der Waals surface area contributed by atoms with Gasteiger partial charge in [0, 0.05) is 31.1 Å². The number of fused-ring (bicyclic) bond motifs is 1. The minimum absolute atomic E-state index is 0.112. The Kier molecular flexibility index (Phi) is 6.03. The highest BCUT2D eigenvalue weighted by molar-refractivity contribution is 7.98. The number of rotatable bonds is 7. The first kappa shape index (κ1) is 19.9. The maximum atomic E-state index is 12.3. The van der Waals surface area contributed by atoms with E-state index in [-0.39, 0.29) is 5.91 Å². The third-order valence-corrected chi connectivity index (χ3v) is 5.39. The highest BCUT2D eigenvalue weighted by atomic mass is 32.2. The lowest BCUT2D eigenvalue weighted by Gasteiger charge is -2.05. The van der Waals surface area contributed by atoms with Crippen molar-refractivity contribution in [3.63, 3.8) is 0 Å². The molecule has 148 valence electrons. The van der Waals surface area contributed by atoms with Crippen LogP contribution >= 0.6 is 11.8 Å². The smallest absolute Gasteiger partial charge is 0.326 e. The van der Waals surface area contributed by atoms with Crippen LogP contribution in [0.25, 0.3) is 11.2 Å². The van der Waals surface area contributed by atoms with Gasteiger partial charge in [0.1, 0.15) is 5.82 Å². The van der Waals surface area contributed by atoms with Crippen LogP contribution in [0.15, 0.2) is 38.8 Å². The molecule has 9 heteroatoms. The molecule has 1 aromatic carbocycles. The van der Waals surface area contributed by atoms with Gasteiger partial charge in [-0.25, -0.2) is 9.78 Å². The minimum atomic E-state index is -0.420. The van der Waals surface area contributed by atoms with Crippen molar-refractivity contribution in [2.24, 2.45) is 7.05 Å². The molecule has 0 saturated heterocycles. The minimum Gasteiger partial charge on any atom is -0.326 e. The number of hydrogen-bond acceptors (Lipinski definition) is 5. The molecule has 0 bridgehead atoms. The summed E-state index contributed by atoms with van der Waals surface area (Å²) < 4.78 is 3.28. The standard InChI is InChI=1S/C19H23N5O3S/c1-4-5-10-24-17-16(18(26)22-19(24)27)23(3)15(21-17)11-28-14-8-6-13(7-9-14)20-12(2)25/h6-9H,4-5,10-11H2,1-3H3,(H,20,25)(H,22,26,27). The average molecular weight is 401 g/mol. The summed E-state index contributed by atoms with van der Waals surface area (Å²) in [5.41, 5.74) is 0.746. The van der Waals surface area contributed by atoms with Gasteiger partial charge in [-0.15, -0.1) is 11.8 Å². The van der Waals surface area contributed by atoms with Crippen molar-refractivity contribution < 1.29 is 4.79 Å². The molecule has 0 aliphatic rings. The van der Waals surface area contributed by atoms with Gasteiger partial charge in [-0.1, -0.05) is 13.3 Å². The van der Waals surface area contributed by atoms with E-state index in [2.05, 4.69) is 15.3 Å². The average Bonchev–Trinajstić information content (AvgIpc) is 2.97. The highest BCUT2D eigenvalue weighted by Crippen LogP contribution is 2.25. The number of benzene rings is 1. The molecule has 3 rings (SSSR count). The predicted molar refractivity (Wildman–Crippen MR) is 111 cm³/mol. The molecule has 8 nitrogen and oxygen atoms in total. The van der Waals surface area contributed by atoms with E-state index < -0.39 is 11.2 Å². The second-order valence-corrected chi connectivity index (χ2v) is 7.57. The maximum absolute atomic E-state index is 12.3. The van der Waals surface area contributed by atoms with Gasteiger partial charge < -0.3 is 9.88 Å². The van der Waals surface area contributed by atoms with Crippen LogP contribution in [0.2, 0.25) is 0 Å². The molecule has 0 saturated carbocycles. The fraction of sp³-hybridized carbons (Fsp3) is 0.368. The Morgan fingerprint density at radius 2 is 1.96 bits per heavy atom. The van der Waals surface area contributed by atoms with Crippen LogP contribution in [0.4, 0.5) is 5.69 Å². The molecule has 1 amide bonds. The second kappa shape index (κ2) is 8.47. The number of aromatic amines is 1. The molecular weight excluding hydrogens is 378 g/mol. The van der Waals surface area contributed by atoms with Crippen molar-refractivity contribution in [1.82, 2.24) is 19.1 Å². The molecule has 0 radical (unpaired) electrons. The molecule has 3 aromatic rings. The van der Waals surface area contributed by atoms with Gasteiger partial charge in [0.25, 0.3) is 5.56 Å². The van der Waals surface area contributed by atoms with Crippen LogP contribution in [-0.2, 0) is 24.1 Å². The van der Waals surface area contributed by atoms with Gasteiger partial charge in [-0.3, -0.25) is 19.1 Å². The fourth-order valence-electron chi connectivity index (χ4n) is 2.93. The molecule has 0 unspecified atom stereocenters. The van der Waals surface area contributed by atoms with Crippen LogP contribution in [0.1, 0.15) is 32.5 Å². The second-order valence-electron chi connectivity index (χ2n) is 6.52. The van der Waals surface area contributed by atoms with E-state index in [9.17, 15) is 14.4 Å². The molecule has 0 atom stereocenters. The molecule has 0 aliphatic carbocycles. The zero-order valence-electron chi connectivity index (χ0n) is 16.1. The number of aryl methyl sites for hydroxylation is 2. The van der Waals surface area contributed by atoms with Crippen LogP contribution in [-0.4, -0.2) is 25.0 Å². The fourth-order valence-corrected chi connectivity index (χ4v) is 3.81. The molecule has 0 aliphatic heterocycles. The van der Waals surface area contributed by atoms with Gasteiger partial charge in [0.15, 0.2) is 11.2 Å². The molecule has 0 spiro atoms. The van der Waals surface area contributed by atoms with Crippen molar-refractivity contribution in [3.05, 3.63) is 50.9 Å². The van der Waals surface area contributed by atoms with Gasteiger partial charge in [-0.05, 0) is 30.7 Å². The van der Waals surface area contributed by atoms with Gasteiger partial charge in [-0.2, -0.15) is 0 Å². The summed E-state index contributed by atoms with van der Waals surface area (Å²) in [4.78, 5) is 43.6. The summed E-state index contributed by atoms with van der Waals surface area (Å²) in [5.74, 6) is 1.15. The normalized spacial score (nSPS) is 11.1. The number of imidazole rings is 1. The molecular formula is C19H23N5O3S. The first-order valence-corrected chi connectivity index (χ1v) is 10.1. The first-order chi connectivity index (χ1) is 13.4. The predicted octanol–water partition coefficient (Wildman–Crippen LogP) is 2.47. The van der Waals surface area contributed by atoms with E-state index in [1.165, 1.54) is 11.5 Å². The zero-order valence-corrected chi connectivity index (χ0v) is 16.9. The monoisotopic (exact) mass is 401 g/mol. The Hall–Kier alpha value is -2.81. The Bertz CT molecular complexity index is 1110. The van der Waals surface area contributed by atoms with Gasteiger partial charge in [0.05, 0.1) is 5.75 Å². The van der Waals surface area contributed by atoms with E-state index in [1.54, 1.807) is 23.4 Å². The van der Waals surface area contributed by atoms with Crippen molar-refractivity contribution in [2.45, 2.75) is 43.9 Å². The number of nitrogens with one attached hydrogen (secondary N) is 2. The number of aromatic nitrogens is 4. The SMILES string of the molecule is CCCCn1c(=O)[nH]c(=O)c2c1nc(CSc1ccc(NC(C)=O)cc1)n2C. The van der Waals surface area contributed by atoms with Crippen molar-refractivity contribution >= 4 is 34.5 Å². The molecule has 2 N–H and O–H groups in total. The zero-order chi connectivity index (χ0) is 20.3. The topological polar surface area (TPSA) is 102 Å². The van der Waals surface area contributed by atoms with Crippen LogP contribution < -0.4 is 16.6 Å². The van der Waals surface area contributed by atoms with Crippen molar-refractivity contribution in [1.29, 1.82) is 0 Å². The Labute approximate surface area is 166 Å². The number of H-pyrrole nitrogens is 1. The summed E-state index contributed by atoms with van der Waals surface area (Å²) in [7, 11) is 1.79. The van der Waals surface area contributed by atoms with E-state index in [0.717, 1.165) is 23.4 Å². The molecule has 28 heavy (non-hydrogen) atoms. The quantitative estimate of drug-likeness (QED) is 0.592. The van der Waals surface area contributed by atoms with Crippen LogP contribution in [0.5, 0.6) is 0 Å². The third kappa shape index (κ3) is 4.19. The van der Waals surface area contributed by atoms with Crippen LogP contribution in [0, 0.1) is 0 Å². The van der Waals surface area contributed by atoms with E-state index in [0.29, 0.717) is 29.3 Å². The summed E-state index contributed by atoms with van der Waals surface area (Å²) in [6.45, 7) is 4.04. The number of nitrogens with zero attached hydrogens (tertiary/aromatic N) is 3. The molecule has 0 fully saturated rings. The number of amides is 1. The first-order valence-electron chi connectivity index (χ1n) is 9.09. The number of carbonyl (C=O) groups excluding carboxylic acids is 1. The summed E-state index contributed by atoms with van der Waals surface area (Å²) in [6, 6.07) is 7.52. The van der Waals surface area contributed by atoms with E-state index >= 15 is 0 Å². The Balaban J connectivity index is 1.86. The largest absolute Gasteiger partial charge is 0.330 e. The number of unbranched alkanes of at least 4 members (excludes halogenated alkanes) is 1. The Morgan fingerprint density at radius 3 is 2.61 bits per heavy atom. The van der Waals surface area contributed by atoms with E-state index in [1.807, 2.05) is 31.2 Å². The summed E-state index contributed by atoms with van der Waals surface area (Å²) in [6.07, 6.45) is 1.78. The lowest BCUT2D eigenvalue weighted by atomic mass is 10.3. The Morgan fingerprint density at radius 1 is 1.25 bits per heavy atom. The number of hydrogen-bond donors (Lipinski definition) is 2. The molecule has 2 aromatic heterocycles. The lowest BCUT2D eigenvalue weighted by molar-refractivity contribution is -0.114. The molecule has 2 heterocycles. The van der Waals surface area contributed by atoms with Crippen molar-refractivity contribution in [3.8, 4) is 0 Å².